The van der Waals surface area contributed by atoms with Gasteiger partial charge in [-0.2, -0.15) is 0 Å². The van der Waals surface area contributed by atoms with Crippen LogP contribution in [0.2, 0.25) is 0 Å². The van der Waals surface area contributed by atoms with E-state index in [2.05, 4.69) is 51.3 Å². The van der Waals surface area contributed by atoms with Gasteiger partial charge in [-0.3, -0.25) is 9.69 Å². The van der Waals surface area contributed by atoms with Crippen molar-refractivity contribution in [3.63, 3.8) is 0 Å². The van der Waals surface area contributed by atoms with Crippen LogP contribution in [-0.2, 0) is 16.1 Å². The van der Waals surface area contributed by atoms with E-state index in [1.807, 2.05) is 24.3 Å². The summed E-state index contributed by atoms with van der Waals surface area (Å²) in [7, 11) is 0. The lowest BCUT2D eigenvalue weighted by Gasteiger charge is -2.26. The highest BCUT2D eigenvalue weighted by atomic mass is 79.9. The first-order chi connectivity index (χ1) is 12.6. The van der Waals surface area contributed by atoms with E-state index in [9.17, 15) is 4.79 Å². The fourth-order valence-corrected chi connectivity index (χ4v) is 4.11. The number of amides is 1. The van der Waals surface area contributed by atoms with E-state index in [4.69, 9.17) is 4.74 Å². The molecule has 0 bridgehead atoms. The van der Waals surface area contributed by atoms with Gasteiger partial charge in [-0.1, -0.05) is 28.1 Å². The Bertz CT molecular complexity index is 746. The van der Waals surface area contributed by atoms with Crippen molar-refractivity contribution < 1.29 is 9.53 Å². The number of thioether (sulfide) groups is 1. The van der Waals surface area contributed by atoms with E-state index in [0.29, 0.717) is 5.75 Å². The number of hydrogen-bond donors (Lipinski definition) is 1. The van der Waals surface area contributed by atoms with Gasteiger partial charge in [0.15, 0.2) is 0 Å². The molecule has 6 heteroatoms. The normalized spacial score (nSPS) is 15.0. The summed E-state index contributed by atoms with van der Waals surface area (Å²) in [6.45, 7) is 6.55. The molecule has 0 saturated carbocycles. The SMILES string of the molecule is Cc1cc(Br)ccc1SCC(=O)Nc1ccc(CN2CCOCC2)cc1. The number of ether oxygens (including phenoxy) is 1. The third-order valence-corrected chi connectivity index (χ3v) is 5.91. The summed E-state index contributed by atoms with van der Waals surface area (Å²) in [5.41, 5.74) is 3.27. The van der Waals surface area contributed by atoms with Crippen LogP contribution < -0.4 is 5.32 Å². The zero-order valence-corrected chi connectivity index (χ0v) is 17.2. The maximum atomic E-state index is 12.2. The van der Waals surface area contributed by atoms with Crippen LogP contribution in [0.15, 0.2) is 51.8 Å². The van der Waals surface area contributed by atoms with Crippen molar-refractivity contribution >= 4 is 39.3 Å². The summed E-state index contributed by atoms with van der Waals surface area (Å²) in [5.74, 6) is 0.413. The fourth-order valence-electron chi connectivity index (χ4n) is 2.83. The number of benzene rings is 2. The predicted molar refractivity (Wildman–Crippen MR) is 111 cm³/mol. The van der Waals surface area contributed by atoms with E-state index in [-0.39, 0.29) is 5.91 Å². The maximum absolute atomic E-state index is 12.2. The van der Waals surface area contributed by atoms with Gasteiger partial charge in [0.05, 0.1) is 19.0 Å². The Morgan fingerprint density at radius 3 is 2.62 bits per heavy atom. The number of nitrogens with one attached hydrogen (secondary N) is 1. The van der Waals surface area contributed by atoms with Gasteiger partial charge < -0.3 is 10.1 Å². The summed E-state index contributed by atoms with van der Waals surface area (Å²) in [6, 6.07) is 14.2. The van der Waals surface area contributed by atoms with Crippen LogP contribution in [-0.4, -0.2) is 42.9 Å². The van der Waals surface area contributed by atoms with Crippen molar-refractivity contribution in [3.8, 4) is 0 Å². The van der Waals surface area contributed by atoms with Gasteiger partial charge in [0.1, 0.15) is 0 Å². The fraction of sp³-hybridized carbons (Fsp3) is 0.350. The number of aryl methyl sites for hydroxylation is 1. The second kappa shape index (κ2) is 9.55. The van der Waals surface area contributed by atoms with E-state index < -0.39 is 0 Å². The van der Waals surface area contributed by atoms with Crippen LogP contribution in [0.25, 0.3) is 0 Å². The van der Waals surface area contributed by atoms with Crippen molar-refractivity contribution in [1.82, 2.24) is 4.90 Å². The molecule has 1 heterocycles. The molecule has 0 spiro atoms. The number of morpholine rings is 1. The second-order valence-corrected chi connectivity index (χ2v) is 8.26. The van der Waals surface area contributed by atoms with Crippen molar-refractivity contribution in [3.05, 3.63) is 58.1 Å². The molecule has 1 saturated heterocycles. The molecule has 1 aliphatic heterocycles. The Labute approximate surface area is 167 Å². The number of carbonyl (C=O) groups excluding carboxylic acids is 1. The Morgan fingerprint density at radius 1 is 1.19 bits per heavy atom. The van der Waals surface area contributed by atoms with Crippen LogP contribution in [0.3, 0.4) is 0 Å². The molecular formula is C20H23BrN2O2S. The van der Waals surface area contributed by atoms with Gasteiger partial charge in [0.2, 0.25) is 5.91 Å². The molecule has 0 radical (unpaired) electrons. The summed E-state index contributed by atoms with van der Waals surface area (Å²) in [4.78, 5) is 15.7. The van der Waals surface area contributed by atoms with Gasteiger partial charge in [-0.25, -0.2) is 0 Å². The second-order valence-electron chi connectivity index (χ2n) is 6.33. The molecule has 26 heavy (non-hydrogen) atoms. The van der Waals surface area contributed by atoms with Crippen molar-refractivity contribution in [1.29, 1.82) is 0 Å². The number of hydrogen-bond acceptors (Lipinski definition) is 4. The van der Waals surface area contributed by atoms with Gasteiger partial charge in [-0.15, -0.1) is 11.8 Å². The number of halogens is 1. The number of carbonyl (C=O) groups is 1. The zero-order valence-electron chi connectivity index (χ0n) is 14.8. The van der Waals surface area contributed by atoms with Crippen LogP contribution in [0.5, 0.6) is 0 Å². The Hall–Kier alpha value is -1.34. The minimum Gasteiger partial charge on any atom is -0.379 e. The van der Waals surface area contributed by atoms with Gasteiger partial charge in [0, 0.05) is 34.7 Å². The maximum Gasteiger partial charge on any atom is 0.234 e. The molecule has 1 fully saturated rings. The number of nitrogens with zero attached hydrogens (tertiary/aromatic N) is 1. The molecule has 2 aromatic carbocycles. The highest BCUT2D eigenvalue weighted by Gasteiger charge is 2.11. The number of anilines is 1. The molecule has 4 nitrogen and oxygen atoms in total. The lowest BCUT2D eigenvalue weighted by Crippen LogP contribution is -2.35. The molecular weight excluding hydrogens is 412 g/mol. The molecule has 138 valence electrons. The summed E-state index contributed by atoms with van der Waals surface area (Å²) in [5, 5.41) is 2.97. The molecule has 1 amide bonds. The van der Waals surface area contributed by atoms with E-state index >= 15 is 0 Å². The van der Waals surface area contributed by atoms with Gasteiger partial charge in [-0.05, 0) is 48.4 Å². The molecule has 0 unspecified atom stereocenters. The first kappa shape index (κ1) is 19.4. The summed E-state index contributed by atoms with van der Waals surface area (Å²) < 4.78 is 6.43. The van der Waals surface area contributed by atoms with Crippen LogP contribution in [0.4, 0.5) is 5.69 Å². The highest BCUT2D eigenvalue weighted by Crippen LogP contribution is 2.25. The molecule has 0 aliphatic carbocycles. The molecule has 0 atom stereocenters. The van der Waals surface area contributed by atoms with E-state index in [1.54, 1.807) is 11.8 Å². The minimum atomic E-state index is 0.0123. The first-order valence-corrected chi connectivity index (χ1v) is 10.5. The summed E-state index contributed by atoms with van der Waals surface area (Å²) >= 11 is 5.02. The molecule has 3 rings (SSSR count). The Kier molecular flexibility index (Phi) is 7.14. The van der Waals surface area contributed by atoms with Gasteiger partial charge in [0.25, 0.3) is 0 Å². The zero-order chi connectivity index (χ0) is 18.4. The van der Waals surface area contributed by atoms with E-state index in [1.165, 1.54) is 11.1 Å². The highest BCUT2D eigenvalue weighted by molar-refractivity contribution is 9.10. The largest absolute Gasteiger partial charge is 0.379 e. The smallest absolute Gasteiger partial charge is 0.234 e. The predicted octanol–water partition coefficient (Wildman–Crippen LogP) is 4.32. The van der Waals surface area contributed by atoms with Crippen molar-refractivity contribution in [2.45, 2.75) is 18.4 Å². The average Bonchev–Trinajstić information content (AvgIpc) is 2.63. The number of rotatable bonds is 6. The molecule has 0 aromatic heterocycles. The molecule has 1 aliphatic rings. The van der Waals surface area contributed by atoms with Crippen molar-refractivity contribution in [2.75, 3.05) is 37.4 Å². The minimum absolute atomic E-state index is 0.0123. The van der Waals surface area contributed by atoms with Crippen LogP contribution >= 0.6 is 27.7 Å². The third kappa shape index (κ3) is 5.84. The third-order valence-electron chi connectivity index (χ3n) is 4.24. The lowest BCUT2D eigenvalue weighted by atomic mass is 10.2. The molecule has 1 N–H and O–H groups in total. The quantitative estimate of drug-likeness (QED) is 0.687. The van der Waals surface area contributed by atoms with E-state index in [0.717, 1.165) is 47.9 Å². The Balaban J connectivity index is 1.47. The van der Waals surface area contributed by atoms with Gasteiger partial charge >= 0.3 is 0 Å². The topological polar surface area (TPSA) is 41.6 Å². The average molecular weight is 435 g/mol. The van der Waals surface area contributed by atoms with Crippen LogP contribution in [0.1, 0.15) is 11.1 Å². The lowest BCUT2D eigenvalue weighted by molar-refractivity contribution is -0.113. The first-order valence-electron chi connectivity index (χ1n) is 8.68. The summed E-state index contributed by atoms with van der Waals surface area (Å²) in [6.07, 6.45) is 0. The monoisotopic (exact) mass is 434 g/mol. The standard InChI is InChI=1S/C20H23BrN2O2S/c1-15-12-17(21)4-7-19(15)26-14-20(24)22-18-5-2-16(3-6-18)13-23-8-10-25-11-9-23/h2-7,12H,8-11,13-14H2,1H3,(H,22,24). The van der Waals surface area contributed by atoms with Crippen LogP contribution in [0, 0.1) is 6.92 Å². The Morgan fingerprint density at radius 2 is 1.92 bits per heavy atom. The molecule has 2 aromatic rings. The van der Waals surface area contributed by atoms with Crippen molar-refractivity contribution in [2.24, 2.45) is 0 Å².